The predicted molar refractivity (Wildman–Crippen MR) is 568 cm³/mol. The fourth-order valence-electron chi connectivity index (χ4n) is 27.1. The van der Waals surface area contributed by atoms with Crippen molar-refractivity contribution in [2.24, 2.45) is 0 Å². The van der Waals surface area contributed by atoms with Gasteiger partial charge >= 0.3 is 0 Å². The molecule has 0 bridgehead atoms. The van der Waals surface area contributed by atoms with Gasteiger partial charge < -0.3 is 0 Å². The molecule has 0 unspecified atom stereocenters. The Labute approximate surface area is 799 Å². The molecule has 0 aliphatic heterocycles. The summed E-state index contributed by atoms with van der Waals surface area (Å²) in [6.07, 6.45) is 23.5. The maximum Gasteiger partial charge on any atom is 0.147 e. The summed E-state index contributed by atoms with van der Waals surface area (Å²) in [4.78, 5) is 39.5. The molecule has 0 atom stereocenters. The van der Waals surface area contributed by atoms with Crippen LogP contribution < -0.4 is 0 Å². The summed E-state index contributed by atoms with van der Waals surface area (Å²) in [5.74, 6) is 0. The normalized spacial score (nSPS) is 13.5. The van der Waals surface area contributed by atoms with E-state index < -0.39 is 0 Å². The number of aromatic nitrogens is 12. The highest BCUT2D eigenvalue weighted by molar-refractivity contribution is 6.29. The van der Waals surface area contributed by atoms with Gasteiger partial charge in [-0.15, -0.1) is 0 Å². The maximum absolute atomic E-state index is 5.27. The number of imidazole rings is 4. The van der Waals surface area contributed by atoms with Crippen molar-refractivity contribution in [3.63, 3.8) is 0 Å². The fraction of sp³-hybridized carbons (Fsp3) is 0.0625. The SMILES string of the molecule is c1ccc2c(c1)Cc1c-2c2c(c3c1c1cnccc1n1c4ccccc4nc31)-c1ccccc1C2.c1ccc2c(c1)Cc1c-2c2c(c3c1c1cnccc1n1c4ccccc4nc31)Cc1ccccc1-2.c1ccc2c(c1)Cc1c-2c2c(c3c4cnccc4n4c5ccccc5nc4c13)-c1ccccc1C2.c1ccc2c(c1)Cc1c3c(c4c(c1-2)c1cnccc1n1c2ccccc2nc41)-c1ccccc1C3. The Kier molecular flexibility index (Phi) is 15.0. The zero-order valence-electron chi connectivity index (χ0n) is 75.7. The van der Waals surface area contributed by atoms with Crippen LogP contribution in [0.25, 0.3) is 242 Å². The molecule has 0 N–H and O–H groups in total. The minimum absolute atomic E-state index is 0.933. The van der Waals surface area contributed by atoms with Crippen molar-refractivity contribution in [1.29, 1.82) is 0 Å². The second kappa shape index (κ2) is 27.9. The maximum atomic E-state index is 5.27. The minimum Gasteiger partial charge on any atom is -0.292 e. The Morgan fingerprint density at radius 2 is 0.364 bits per heavy atom. The quantitative estimate of drug-likeness (QED) is 0.138. The molecule has 28 aromatic rings. The first kappa shape index (κ1) is 75.3. The van der Waals surface area contributed by atoms with E-state index >= 15 is 0 Å². The van der Waals surface area contributed by atoms with Crippen molar-refractivity contribution in [2.45, 2.75) is 51.4 Å². The first-order valence-electron chi connectivity index (χ1n) is 48.8. The molecule has 0 saturated carbocycles. The molecule has 12 aromatic heterocycles. The van der Waals surface area contributed by atoms with Gasteiger partial charge in [0.25, 0.3) is 0 Å². The molecule has 12 heterocycles. The third-order valence-electron chi connectivity index (χ3n) is 32.4. The van der Waals surface area contributed by atoms with Crippen LogP contribution in [0.4, 0.5) is 0 Å². The lowest BCUT2D eigenvalue weighted by Crippen LogP contribution is -1.99. The second-order valence-corrected chi connectivity index (χ2v) is 39.1. The van der Waals surface area contributed by atoms with Crippen molar-refractivity contribution in [3.05, 3.63) is 454 Å². The third-order valence-corrected chi connectivity index (χ3v) is 32.4. The molecular formula is C128H76N12. The van der Waals surface area contributed by atoms with Crippen molar-refractivity contribution in [3.8, 4) is 89.0 Å². The molecule has 140 heavy (non-hydrogen) atoms. The van der Waals surface area contributed by atoms with Gasteiger partial charge in [-0.05, 0) is 302 Å². The molecule has 0 fully saturated rings. The number of benzene rings is 16. The zero-order chi connectivity index (χ0) is 90.7. The Morgan fingerprint density at radius 3 is 0.707 bits per heavy atom. The zero-order valence-corrected chi connectivity index (χ0v) is 75.7. The molecule has 12 nitrogen and oxygen atoms in total. The Hall–Kier alpha value is -18.0. The summed E-state index contributed by atoms with van der Waals surface area (Å²) in [5.41, 5.74) is 62.5. The Morgan fingerprint density at radius 1 is 0.157 bits per heavy atom. The van der Waals surface area contributed by atoms with Crippen LogP contribution in [-0.4, -0.2) is 57.5 Å². The van der Waals surface area contributed by atoms with Crippen LogP contribution in [0.3, 0.4) is 0 Å². The highest BCUT2D eigenvalue weighted by atomic mass is 15.0. The van der Waals surface area contributed by atoms with Crippen molar-refractivity contribution in [1.82, 2.24) is 57.5 Å². The van der Waals surface area contributed by atoms with E-state index in [1.807, 2.05) is 24.8 Å². The van der Waals surface area contributed by atoms with Crippen molar-refractivity contribution < 1.29 is 0 Å². The lowest BCUT2D eigenvalue weighted by Gasteiger charge is -2.18. The first-order valence-corrected chi connectivity index (χ1v) is 48.8. The predicted octanol–water partition coefficient (Wildman–Crippen LogP) is 29.3. The highest BCUT2D eigenvalue weighted by Crippen LogP contribution is 2.61. The number of para-hydroxylation sites is 8. The molecule has 0 radical (unpaired) electrons. The van der Waals surface area contributed by atoms with Crippen LogP contribution in [0, 0.1) is 0 Å². The minimum atomic E-state index is 0.933. The number of hydrogen-bond acceptors (Lipinski definition) is 8. The summed E-state index contributed by atoms with van der Waals surface area (Å²) >= 11 is 0. The van der Waals surface area contributed by atoms with Gasteiger partial charge in [0.05, 0.1) is 66.2 Å². The summed E-state index contributed by atoms with van der Waals surface area (Å²) in [6, 6.07) is 114. The molecule has 12 heteroatoms. The van der Waals surface area contributed by atoms with E-state index in [2.05, 4.69) is 378 Å². The topological polar surface area (TPSA) is 121 Å². The van der Waals surface area contributed by atoms with E-state index in [-0.39, 0.29) is 0 Å². The van der Waals surface area contributed by atoms with Crippen molar-refractivity contribution >= 4 is 153 Å². The first-order chi connectivity index (χ1) is 69.5. The molecule has 0 spiro atoms. The molecule has 16 aromatic carbocycles. The molecule has 8 aliphatic rings. The van der Waals surface area contributed by atoms with Gasteiger partial charge in [0, 0.05) is 114 Å². The fourth-order valence-corrected chi connectivity index (χ4v) is 27.1. The van der Waals surface area contributed by atoms with E-state index in [9.17, 15) is 0 Å². The van der Waals surface area contributed by atoms with Gasteiger partial charge in [0.1, 0.15) is 22.6 Å². The van der Waals surface area contributed by atoms with Crippen molar-refractivity contribution in [2.75, 3.05) is 0 Å². The number of hydrogen-bond donors (Lipinski definition) is 0. The average molecular weight is 1780 g/mol. The van der Waals surface area contributed by atoms with Gasteiger partial charge in [-0.25, -0.2) is 19.9 Å². The Balaban J connectivity index is 0.0000000829. The lowest BCUT2D eigenvalue weighted by molar-refractivity contribution is 1.17. The number of nitrogens with zero attached hydrogens (tertiary/aromatic N) is 12. The molecular weight excluding hydrogens is 1710 g/mol. The summed E-state index contributed by atoms with van der Waals surface area (Å²) in [5, 5.41) is 15.2. The van der Waals surface area contributed by atoms with Gasteiger partial charge in [0.15, 0.2) is 0 Å². The van der Waals surface area contributed by atoms with Crippen LogP contribution in [0.5, 0.6) is 0 Å². The molecule has 36 rings (SSSR count). The van der Waals surface area contributed by atoms with Gasteiger partial charge in [0.2, 0.25) is 0 Å². The average Bonchev–Trinajstić information content (AvgIpc) is 1.54. The van der Waals surface area contributed by atoms with Crippen LogP contribution in [0.2, 0.25) is 0 Å². The lowest BCUT2D eigenvalue weighted by atomic mass is 9.88. The van der Waals surface area contributed by atoms with E-state index in [4.69, 9.17) is 19.9 Å². The van der Waals surface area contributed by atoms with Gasteiger partial charge in [-0.1, -0.05) is 243 Å². The smallest absolute Gasteiger partial charge is 0.147 e. The van der Waals surface area contributed by atoms with Crippen LogP contribution in [-0.2, 0) is 51.4 Å². The summed E-state index contributed by atoms with van der Waals surface area (Å²) in [6.45, 7) is 0. The highest BCUT2D eigenvalue weighted by Gasteiger charge is 2.41. The number of rotatable bonds is 0. The van der Waals surface area contributed by atoms with Gasteiger partial charge in [-0.3, -0.25) is 37.5 Å². The molecule has 0 amide bonds. The molecule has 0 saturated heterocycles. The van der Waals surface area contributed by atoms with E-state index in [1.54, 1.807) is 0 Å². The summed E-state index contributed by atoms with van der Waals surface area (Å²) in [7, 11) is 0. The third kappa shape index (κ3) is 9.91. The largest absolute Gasteiger partial charge is 0.292 e. The van der Waals surface area contributed by atoms with Crippen LogP contribution in [0.1, 0.15) is 89.0 Å². The van der Waals surface area contributed by atoms with E-state index in [0.717, 1.165) is 124 Å². The van der Waals surface area contributed by atoms with E-state index in [0.29, 0.717) is 0 Å². The number of pyridine rings is 8. The van der Waals surface area contributed by atoms with Gasteiger partial charge in [-0.2, -0.15) is 0 Å². The summed E-state index contributed by atoms with van der Waals surface area (Å²) < 4.78 is 9.41. The van der Waals surface area contributed by atoms with Crippen LogP contribution >= 0.6 is 0 Å². The van der Waals surface area contributed by atoms with Crippen LogP contribution in [0.15, 0.2) is 365 Å². The standard InChI is InChI=1S/4C32H19N3/c1-3-9-20-18(7-1)16-23-28(20)22-15-19-8-2-4-10-21(19)29(22)30-24-17-33-14-13-26(24)35-27-12-6-5-11-25(27)34-32(35)31(23)30;1-3-9-20-18(7-1)15-23-28(20)22-16-19-8-2-4-10-21(19)29(22)31-30(23)24-17-33-14-13-26(24)35-27-12-6-5-11-25(27)34-32(31)35;1-3-9-20-18(7-1)15-22-28(20)29-21-10-4-2-8-19(21)16-23(29)31-30(22)24-17-33-14-13-26(24)35-27-12-6-5-11-25(27)34-32(31)35;1-3-9-20-18(7-1)15-22-23-16-19-8-2-4-10-21(19)29(23)31-30(28(20)22)24-17-33-14-13-26(24)35-27-12-6-5-11-25(27)34-32(31)35/h4*1-14,17H,15-16H2. The monoisotopic (exact) mass is 1780 g/mol. The Bertz CT molecular complexity index is 10700. The van der Waals surface area contributed by atoms with E-state index in [1.165, 1.54) is 259 Å². The number of fused-ring (bicyclic) bond motifs is 68. The second-order valence-electron chi connectivity index (χ2n) is 39.1. The molecule has 648 valence electrons. The molecule has 8 aliphatic carbocycles.